The first-order valence-electron chi connectivity index (χ1n) is 7.19. The predicted molar refractivity (Wildman–Crippen MR) is 79.3 cm³/mol. The van der Waals surface area contributed by atoms with Gasteiger partial charge in [-0.3, -0.25) is 9.98 Å². The molecule has 2 heterocycles. The van der Waals surface area contributed by atoms with Crippen LogP contribution >= 0.6 is 0 Å². The lowest BCUT2D eigenvalue weighted by Gasteiger charge is -2.28. The molecule has 5 nitrogen and oxygen atoms in total. The van der Waals surface area contributed by atoms with Crippen molar-refractivity contribution in [2.75, 3.05) is 19.6 Å². The molecule has 1 aliphatic rings. The van der Waals surface area contributed by atoms with Crippen molar-refractivity contribution in [1.29, 1.82) is 0 Å². The fourth-order valence-corrected chi connectivity index (χ4v) is 2.49. The van der Waals surface area contributed by atoms with Crippen molar-refractivity contribution in [3.8, 4) is 5.75 Å². The Morgan fingerprint density at radius 2 is 2.15 bits per heavy atom. The minimum absolute atomic E-state index is 0.117. The van der Waals surface area contributed by atoms with Crippen molar-refractivity contribution < 1.29 is 10.2 Å². The van der Waals surface area contributed by atoms with E-state index in [9.17, 15) is 10.2 Å². The van der Waals surface area contributed by atoms with Crippen molar-refractivity contribution in [2.45, 2.75) is 39.3 Å². The Bertz CT molecular complexity index is 480. The first-order valence-corrected chi connectivity index (χ1v) is 7.19. The highest BCUT2D eigenvalue weighted by atomic mass is 16.3. The van der Waals surface area contributed by atoms with Gasteiger partial charge in [-0.15, -0.1) is 0 Å². The highest BCUT2D eigenvalue weighted by Crippen LogP contribution is 2.22. The number of hydrogen-bond acceptors (Lipinski definition) is 5. The van der Waals surface area contributed by atoms with E-state index in [1.54, 1.807) is 19.3 Å². The molecule has 1 aliphatic heterocycles. The number of hydrogen-bond donors (Lipinski definition) is 2. The number of aliphatic hydroxyl groups excluding tert-OH is 1. The summed E-state index contributed by atoms with van der Waals surface area (Å²) >= 11 is 0. The maximum Gasteiger partial charge on any atom is 0.145 e. The van der Waals surface area contributed by atoms with Crippen molar-refractivity contribution >= 4 is 6.21 Å². The molecule has 5 heteroatoms. The Morgan fingerprint density at radius 3 is 2.75 bits per heavy atom. The summed E-state index contributed by atoms with van der Waals surface area (Å²) in [6, 6.07) is 0.303. The largest absolute Gasteiger partial charge is 0.505 e. The van der Waals surface area contributed by atoms with E-state index in [2.05, 4.69) is 21.8 Å². The van der Waals surface area contributed by atoms with E-state index in [1.165, 1.54) is 0 Å². The maximum atomic E-state index is 10.0. The minimum Gasteiger partial charge on any atom is -0.505 e. The molecule has 0 aromatic carbocycles. The van der Waals surface area contributed by atoms with Crippen LogP contribution in [0.5, 0.6) is 5.75 Å². The fraction of sp³-hybridized carbons (Fsp3) is 0.600. The molecule has 0 bridgehead atoms. The summed E-state index contributed by atoms with van der Waals surface area (Å²) in [6.45, 7) is 7.02. The van der Waals surface area contributed by atoms with Crippen molar-refractivity contribution in [2.24, 2.45) is 4.99 Å². The van der Waals surface area contributed by atoms with Crippen LogP contribution in [0.3, 0.4) is 0 Å². The Hall–Kier alpha value is -1.46. The number of piperidine rings is 1. The topological polar surface area (TPSA) is 69.0 Å². The van der Waals surface area contributed by atoms with Gasteiger partial charge in [-0.1, -0.05) is 6.92 Å². The van der Waals surface area contributed by atoms with Crippen molar-refractivity contribution in [1.82, 2.24) is 9.88 Å². The van der Waals surface area contributed by atoms with Crippen LogP contribution in [0.25, 0.3) is 0 Å². The van der Waals surface area contributed by atoms with E-state index in [4.69, 9.17) is 0 Å². The zero-order chi connectivity index (χ0) is 14.5. The standard InChI is InChI=1S/C15H23N3O2/c1-3-18-6-4-13(5-7-18)17-9-14-12(10-19)8-16-11(2)15(14)20/h8-9,13,19-20H,3-7,10H2,1-2H3. The first-order chi connectivity index (χ1) is 9.65. The Morgan fingerprint density at radius 1 is 1.45 bits per heavy atom. The molecule has 0 atom stereocenters. The lowest BCUT2D eigenvalue weighted by atomic mass is 10.1. The summed E-state index contributed by atoms with van der Waals surface area (Å²) < 4.78 is 0. The van der Waals surface area contributed by atoms with Gasteiger partial charge in [0.05, 0.1) is 18.3 Å². The highest BCUT2D eigenvalue weighted by Gasteiger charge is 2.17. The molecule has 0 spiro atoms. The second-order valence-electron chi connectivity index (χ2n) is 5.23. The van der Waals surface area contributed by atoms with Crippen molar-refractivity contribution in [3.63, 3.8) is 0 Å². The third kappa shape index (κ3) is 3.35. The minimum atomic E-state index is -0.142. The molecule has 0 aliphatic carbocycles. The molecule has 1 fully saturated rings. The SMILES string of the molecule is CCN1CCC(N=Cc2c(CO)cnc(C)c2O)CC1. The van der Waals surface area contributed by atoms with Crippen LogP contribution in [0, 0.1) is 6.92 Å². The number of nitrogens with zero attached hydrogens (tertiary/aromatic N) is 3. The quantitative estimate of drug-likeness (QED) is 0.818. The molecule has 1 aromatic heterocycles. The number of aliphatic imine (C=N–C) groups is 1. The van der Waals surface area contributed by atoms with Gasteiger partial charge in [0, 0.05) is 36.6 Å². The zero-order valence-corrected chi connectivity index (χ0v) is 12.2. The van der Waals surface area contributed by atoms with Crippen LogP contribution in [0.4, 0.5) is 0 Å². The molecule has 0 unspecified atom stereocenters. The van der Waals surface area contributed by atoms with Gasteiger partial charge < -0.3 is 15.1 Å². The van der Waals surface area contributed by atoms with Crippen LogP contribution in [0.2, 0.25) is 0 Å². The van der Waals surface area contributed by atoms with E-state index in [-0.39, 0.29) is 12.4 Å². The van der Waals surface area contributed by atoms with Gasteiger partial charge in [-0.2, -0.15) is 0 Å². The highest BCUT2D eigenvalue weighted by molar-refractivity contribution is 5.85. The number of aromatic hydroxyl groups is 1. The first kappa shape index (κ1) is 14.9. The van der Waals surface area contributed by atoms with Gasteiger partial charge in [-0.25, -0.2) is 0 Å². The normalized spacial score (nSPS) is 17.9. The van der Waals surface area contributed by atoms with Gasteiger partial charge in [0.25, 0.3) is 0 Å². The fourth-order valence-electron chi connectivity index (χ4n) is 2.49. The number of pyridine rings is 1. The second kappa shape index (κ2) is 6.81. The molecule has 1 saturated heterocycles. The van der Waals surface area contributed by atoms with E-state index in [0.717, 1.165) is 32.5 Å². The van der Waals surface area contributed by atoms with Gasteiger partial charge in [0.1, 0.15) is 5.75 Å². The number of likely N-dealkylation sites (tertiary alicyclic amines) is 1. The molecule has 0 radical (unpaired) electrons. The Kier molecular flexibility index (Phi) is 5.09. The lowest BCUT2D eigenvalue weighted by Crippen LogP contribution is -2.35. The zero-order valence-electron chi connectivity index (χ0n) is 12.2. The second-order valence-corrected chi connectivity index (χ2v) is 5.23. The molecule has 2 rings (SSSR count). The average molecular weight is 277 g/mol. The summed E-state index contributed by atoms with van der Waals surface area (Å²) in [5, 5.41) is 19.4. The molecule has 1 aromatic rings. The van der Waals surface area contributed by atoms with Gasteiger partial charge in [-0.05, 0) is 26.3 Å². The van der Waals surface area contributed by atoms with Gasteiger partial charge in [0.15, 0.2) is 0 Å². The number of aliphatic hydroxyl groups is 1. The molecule has 2 N–H and O–H groups in total. The summed E-state index contributed by atoms with van der Waals surface area (Å²) in [6.07, 6.45) is 5.38. The molecular formula is C15H23N3O2. The van der Waals surface area contributed by atoms with E-state index >= 15 is 0 Å². The van der Waals surface area contributed by atoms with Gasteiger partial charge >= 0.3 is 0 Å². The third-order valence-electron chi connectivity index (χ3n) is 3.95. The molecule has 110 valence electrons. The third-order valence-corrected chi connectivity index (χ3v) is 3.95. The molecule has 20 heavy (non-hydrogen) atoms. The Balaban J connectivity index is 2.10. The average Bonchev–Trinajstić information content (AvgIpc) is 2.49. The smallest absolute Gasteiger partial charge is 0.145 e. The van der Waals surface area contributed by atoms with Crippen LogP contribution in [0.15, 0.2) is 11.2 Å². The lowest BCUT2D eigenvalue weighted by molar-refractivity contribution is 0.224. The summed E-state index contributed by atoms with van der Waals surface area (Å²) in [7, 11) is 0. The summed E-state index contributed by atoms with van der Waals surface area (Å²) in [4.78, 5) is 11.0. The molecule has 0 amide bonds. The van der Waals surface area contributed by atoms with Gasteiger partial charge in [0.2, 0.25) is 0 Å². The maximum absolute atomic E-state index is 10.0. The summed E-state index contributed by atoms with van der Waals surface area (Å²) in [5.74, 6) is 0.117. The molecular weight excluding hydrogens is 254 g/mol. The van der Waals surface area contributed by atoms with E-state index in [1.807, 2.05) is 0 Å². The van der Waals surface area contributed by atoms with Crippen LogP contribution in [-0.4, -0.2) is 52.0 Å². The van der Waals surface area contributed by atoms with Crippen LogP contribution in [0.1, 0.15) is 36.6 Å². The summed E-state index contributed by atoms with van der Waals surface area (Å²) in [5.41, 5.74) is 1.77. The number of aryl methyl sites for hydroxylation is 1. The molecule has 0 saturated carbocycles. The van der Waals surface area contributed by atoms with Crippen molar-refractivity contribution in [3.05, 3.63) is 23.0 Å². The Labute approximate surface area is 120 Å². The number of aromatic nitrogens is 1. The van der Waals surface area contributed by atoms with Crippen LogP contribution < -0.4 is 0 Å². The monoisotopic (exact) mass is 277 g/mol. The predicted octanol–water partition coefficient (Wildman–Crippen LogP) is 1.49. The van der Waals surface area contributed by atoms with Crippen LogP contribution in [-0.2, 0) is 6.61 Å². The van der Waals surface area contributed by atoms with E-state index in [0.29, 0.717) is 22.9 Å². The number of rotatable bonds is 4. The van der Waals surface area contributed by atoms with E-state index < -0.39 is 0 Å².